The van der Waals surface area contributed by atoms with Crippen molar-refractivity contribution in [2.45, 2.75) is 50.6 Å². The van der Waals surface area contributed by atoms with Crippen molar-refractivity contribution in [3.8, 4) is 0 Å². The zero-order valence-corrected chi connectivity index (χ0v) is 18.9. The van der Waals surface area contributed by atoms with Crippen LogP contribution in [0, 0.1) is 0 Å². The minimum atomic E-state index is -5.24. The maximum atomic E-state index is 12.6. The number of piperidine rings is 1. The van der Waals surface area contributed by atoms with E-state index in [1.807, 2.05) is 6.92 Å². The molecule has 1 saturated heterocycles. The van der Waals surface area contributed by atoms with Gasteiger partial charge in [-0.3, -0.25) is 4.99 Å². The molecule has 0 aliphatic carbocycles. The Balaban J connectivity index is 0.00000676. The van der Waals surface area contributed by atoms with Crippen molar-refractivity contribution < 1.29 is 26.3 Å². The van der Waals surface area contributed by atoms with Gasteiger partial charge in [0.2, 0.25) is 0 Å². The molecule has 0 spiro atoms. The highest BCUT2D eigenvalue weighted by atomic mass is 127. The third-order valence-electron chi connectivity index (χ3n) is 4.05. The standard InChI is InChI=1S/C15H29F3N4O3S.HI/c1-3-19-14(20-9-5-4-6-12-25-2)21-13-7-10-22(11-8-13)26(23,24)15(16,17)18;/h13H,3-12H2,1-2H3,(H2,19,20,21);1H. The van der Waals surface area contributed by atoms with Gasteiger partial charge in [-0.1, -0.05) is 0 Å². The summed E-state index contributed by atoms with van der Waals surface area (Å²) in [5.74, 6) is 0.608. The predicted molar refractivity (Wildman–Crippen MR) is 110 cm³/mol. The van der Waals surface area contributed by atoms with Crippen molar-refractivity contribution in [3.05, 3.63) is 0 Å². The van der Waals surface area contributed by atoms with E-state index in [4.69, 9.17) is 4.74 Å². The Bertz CT molecular complexity index is 539. The Labute approximate surface area is 176 Å². The van der Waals surface area contributed by atoms with E-state index in [2.05, 4.69) is 15.6 Å². The summed E-state index contributed by atoms with van der Waals surface area (Å²) in [6.07, 6.45) is 3.50. The molecule has 1 rings (SSSR count). The molecule has 2 N–H and O–H groups in total. The summed E-state index contributed by atoms with van der Waals surface area (Å²) >= 11 is 0. The average Bonchev–Trinajstić information content (AvgIpc) is 2.57. The topological polar surface area (TPSA) is 83.0 Å². The lowest BCUT2D eigenvalue weighted by molar-refractivity contribution is -0.0494. The average molecular weight is 530 g/mol. The van der Waals surface area contributed by atoms with Gasteiger partial charge in [0.05, 0.1) is 0 Å². The van der Waals surface area contributed by atoms with Gasteiger partial charge in [0.1, 0.15) is 0 Å². The molecule has 1 heterocycles. The number of alkyl halides is 3. The SMILES string of the molecule is CCNC(=NCCCCCOC)NC1CCN(S(=O)(=O)C(F)(F)F)CC1.I. The van der Waals surface area contributed by atoms with E-state index in [-0.39, 0.29) is 43.1 Å². The van der Waals surface area contributed by atoms with Crippen LogP contribution in [0.15, 0.2) is 4.99 Å². The van der Waals surface area contributed by atoms with Gasteiger partial charge >= 0.3 is 15.5 Å². The van der Waals surface area contributed by atoms with Gasteiger partial charge in [0.25, 0.3) is 0 Å². The molecule has 0 aromatic rings. The molecule has 0 amide bonds. The molecule has 0 unspecified atom stereocenters. The van der Waals surface area contributed by atoms with Crippen LogP contribution in [0.5, 0.6) is 0 Å². The number of methoxy groups -OCH3 is 1. The van der Waals surface area contributed by atoms with Crippen molar-refractivity contribution >= 4 is 40.0 Å². The van der Waals surface area contributed by atoms with Gasteiger partial charge < -0.3 is 15.4 Å². The Hall–Kier alpha value is -0.340. The summed E-state index contributed by atoms with van der Waals surface area (Å²) in [5.41, 5.74) is -5.24. The number of halogens is 4. The molecule has 1 aliphatic rings. The lowest BCUT2D eigenvalue weighted by Crippen LogP contribution is -2.51. The second kappa shape index (κ2) is 13.0. The van der Waals surface area contributed by atoms with Crippen LogP contribution in [0.1, 0.15) is 39.0 Å². The molecule has 7 nitrogen and oxygen atoms in total. The first-order chi connectivity index (χ1) is 12.2. The summed E-state index contributed by atoms with van der Waals surface area (Å²) in [6, 6.07) is -0.110. The van der Waals surface area contributed by atoms with Gasteiger partial charge in [-0.15, -0.1) is 24.0 Å². The van der Waals surface area contributed by atoms with Crippen LogP contribution in [0.3, 0.4) is 0 Å². The van der Waals surface area contributed by atoms with Crippen LogP contribution in [0.25, 0.3) is 0 Å². The van der Waals surface area contributed by atoms with Crippen LogP contribution in [-0.4, -0.2) is 70.1 Å². The molecule has 12 heteroatoms. The number of hydrogen-bond acceptors (Lipinski definition) is 4. The third kappa shape index (κ3) is 9.13. The highest BCUT2D eigenvalue weighted by Gasteiger charge is 2.50. The molecular formula is C15H30F3IN4O3S. The van der Waals surface area contributed by atoms with E-state index >= 15 is 0 Å². The molecule has 162 valence electrons. The van der Waals surface area contributed by atoms with Crippen molar-refractivity contribution in [1.29, 1.82) is 0 Å². The quantitative estimate of drug-likeness (QED) is 0.207. The molecule has 0 saturated carbocycles. The van der Waals surface area contributed by atoms with Gasteiger partial charge in [-0.25, -0.2) is 8.42 Å². The smallest absolute Gasteiger partial charge is 0.385 e. The molecule has 1 fully saturated rings. The fourth-order valence-electron chi connectivity index (χ4n) is 2.63. The van der Waals surface area contributed by atoms with Crippen molar-refractivity contribution in [2.75, 3.05) is 39.9 Å². The number of aliphatic imine (C=N–C) groups is 1. The minimum Gasteiger partial charge on any atom is -0.385 e. The molecule has 0 bridgehead atoms. The van der Waals surface area contributed by atoms with Gasteiger partial charge in [0, 0.05) is 45.9 Å². The van der Waals surface area contributed by atoms with Crippen LogP contribution in [-0.2, 0) is 14.8 Å². The second-order valence-electron chi connectivity index (χ2n) is 6.08. The molecule has 27 heavy (non-hydrogen) atoms. The first-order valence-electron chi connectivity index (χ1n) is 8.82. The Morgan fingerprint density at radius 1 is 1.22 bits per heavy atom. The van der Waals surface area contributed by atoms with Crippen LogP contribution < -0.4 is 10.6 Å². The summed E-state index contributed by atoms with van der Waals surface area (Å²) in [6.45, 7) is 3.64. The number of hydrogen-bond donors (Lipinski definition) is 2. The number of guanidine groups is 1. The van der Waals surface area contributed by atoms with Crippen LogP contribution in [0.2, 0.25) is 0 Å². The maximum Gasteiger partial charge on any atom is 0.511 e. The van der Waals surface area contributed by atoms with Crippen molar-refractivity contribution in [2.24, 2.45) is 4.99 Å². The number of sulfonamides is 1. The van der Waals surface area contributed by atoms with Gasteiger partial charge in [-0.05, 0) is 39.0 Å². The Morgan fingerprint density at radius 3 is 2.37 bits per heavy atom. The Morgan fingerprint density at radius 2 is 1.85 bits per heavy atom. The number of ether oxygens (including phenoxy) is 1. The summed E-state index contributed by atoms with van der Waals surface area (Å²) in [4.78, 5) is 4.45. The number of unbranched alkanes of at least 4 members (excludes halogenated alkanes) is 2. The highest BCUT2D eigenvalue weighted by molar-refractivity contribution is 14.0. The maximum absolute atomic E-state index is 12.6. The van der Waals surface area contributed by atoms with E-state index in [0.717, 1.165) is 25.9 Å². The zero-order chi connectivity index (χ0) is 19.6. The molecule has 0 atom stereocenters. The monoisotopic (exact) mass is 530 g/mol. The summed E-state index contributed by atoms with van der Waals surface area (Å²) in [7, 11) is -3.57. The van der Waals surface area contributed by atoms with Crippen LogP contribution in [0.4, 0.5) is 13.2 Å². The van der Waals surface area contributed by atoms with E-state index in [1.165, 1.54) is 0 Å². The molecule has 1 aliphatic heterocycles. The third-order valence-corrected chi connectivity index (χ3v) is 5.68. The lowest BCUT2D eigenvalue weighted by atomic mass is 10.1. The van der Waals surface area contributed by atoms with Crippen molar-refractivity contribution in [1.82, 2.24) is 14.9 Å². The number of nitrogens with one attached hydrogen (secondary N) is 2. The first-order valence-corrected chi connectivity index (χ1v) is 10.3. The normalized spacial score (nSPS) is 17.4. The predicted octanol–water partition coefficient (Wildman–Crippen LogP) is 2.29. The molecule has 0 aromatic carbocycles. The van der Waals surface area contributed by atoms with Gasteiger partial charge in [-0.2, -0.15) is 17.5 Å². The molecule has 0 aromatic heterocycles. The molecule has 0 radical (unpaired) electrons. The lowest BCUT2D eigenvalue weighted by Gasteiger charge is -2.32. The number of rotatable bonds is 9. The van der Waals surface area contributed by atoms with Gasteiger partial charge in [0.15, 0.2) is 5.96 Å². The van der Waals surface area contributed by atoms with Crippen LogP contribution >= 0.6 is 24.0 Å². The highest BCUT2D eigenvalue weighted by Crippen LogP contribution is 2.28. The van der Waals surface area contributed by atoms with E-state index < -0.39 is 15.5 Å². The molecular weight excluding hydrogens is 500 g/mol. The van der Waals surface area contributed by atoms with Crippen molar-refractivity contribution in [3.63, 3.8) is 0 Å². The second-order valence-corrected chi connectivity index (χ2v) is 8.01. The largest absolute Gasteiger partial charge is 0.511 e. The van der Waals surface area contributed by atoms with E-state index in [9.17, 15) is 21.6 Å². The fraction of sp³-hybridized carbons (Fsp3) is 0.933. The zero-order valence-electron chi connectivity index (χ0n) is 15.7. The fourth-order valence-corrected chi connectivity index (χ4v) is 3.61. The first kappa shape index (κ1) is 26.7. The number of nitrogens with zero attached hydrogens (tertiary/aromatic N) is 2. The summed E-state index contributed by atoms with van der Waals surface area (Å²) in [5, 5.41) is 6.28. The van der Waals surface area contributed by atoms with E-state index in [0.29, 0.717) is 36.2 Å². The minimum absolute atomic E-state index is 0. The van der Waals surface area contributed by atoms with E-state index in [1.54, 1.807) is 7.11 Å². The summed E-state index contributed by atoms with van der Waals surface area (Å²) < 4.78 is 66.1. The Kier molecular flexibility index (Phi) is 12.8.